The summed E-state index contributed by atoms with van der Waals surface area (Å²) in [6, 6.07) is 4.06. The molecule has 1 aromatic heterocycles. The summed E-state index contributed by atoms with van der Waals surface area (Å²) in [6.07, 6.45) is -3.01. The lowest BCUT2D eigenvalue weighted by molar-refractivity contribution is -0.137. The lowest BCUT2D eigenvalue weighted by Crippen LogP contribution is -2.03. The second-order valence-corrected chi connectivity index (χ2v) is 4.59. The van der Waals surface area contributed by atoms with Gasteiger partial charge in [-0.25, -0.2) is 9.48 Å². The summed E-state index contributed by atoms with van der Waals surface area (Å²) >= 11 is 3.10. The first kappa shape index (κ1) is 13.6. The Morgan fingerprint density at radius 3 is 2.53 bits per heavy atom. The summed E-state index contributed by atoms with van der Waals surface area (Å²) in [5, 5.41) is 12.5. The van der Waals surface area contributed by atoms with Crippen molar-refractivity contribution in [3.8, 4) is 5.69 Å². The Labute approximate surface area is 113 Å². The molecule has 19 heavy (non-hydrogen) atoms. The van der Waals surface area contributed by atoms with Gasteiger partial charge < -0.3 is 5.11 Å². The van der Waals surface area contributed by atoms with Crippen molar-refractivity contribution in [2.45, 2.75) is 6.18 Å². The molecule has 0 aliphatic carbocycles. The number of benzene rings is 1. The minimum Gasteiger partial charge on any atom is -0.478 e. The Bertz CT molecular complexity index is 637. The van der Waals surface area contributed by atoms with Crippen LogP contribution in [0.1, 0.15) is 15.9 Å². The van der Waals surface area contributed by atoms with Gasteiger partial charge in [0.1, 0.15) is 0 Å². The third-order valence-corrected chi connectivity index (χ3v) is 2.76. The van der Waals surface area contributed by atoms with Gasteiger partial charge in [-0.3, -0.25) is 0 Å². The predicted molar refractivity (Wildman–Crippen MR) is 63.2 cm³/mol. The second-order valence-electron chi connectivity index (χ2n) is 3.67. The number of hydrogen-bond acceptors (Lipinski definition) is 2. The van der Waals surface area contributed by atoms with Gasteiger partial charge in [0.15, 0.2) is 0 Å². The Hall–Kier alpha value is -1.83. The van der Waals surface area contributed by atoms with Crippen LogP contribution in [-0.4, -0.2) is 20.9 Å². The van der Waals surface area contributed by atoms with E-state index in [0.29, 0.717) is 10.7 Å². The SMILES string of the molecule is O=C(O)c1cc(Br)cc(-n2cc(C(F)(F)F)cn2)c1. The van der Waals surface area contributed by atoms with Crippen molar-refractivity contribution in [2.75, 3.05) is 0 Å². The molecule has 0 bridgehead atoms. The van der Waals surface area contributed by atoms with Crippen LogP contribution in [0.3, 0.4) is 0 Å². The molecule has 100 valence electrons. The number of aromatic nitrogens is 2. The molecule has 2 rings (SSSR count). The zero-order valence-corrected chi connectivity index (χ0v) is 10.7. The number of halogens is 4. The summed E-state index contributed by atoms with van der Waals surface area (Å²) in [5.74, 6) is -1.18. The van der Waals surface area contributed by atoms with Crippen molar-refractivity contribution in [3.63, 3.8) is 0 Å². The molecule has 8 heteroatoms. The Kier molecular flexibility index (Phi) is 3.36. The molecule has 0 amide bonds. The fourth-order valence-electron chi connectivity index (χ4n) is 1.44. The number of rotatable bonds is 2. The van der Waals surface area contributed by atoms with Crippen LogP contribution in [0.4, 0.5) is 13.2 Å². The van der Waals surface area contributed by atoms with Gasteiger partial charge in [0.25, 0.3) is 0 Å². The molecular weight excluding hydrogens is 329 g/mol. The van der Waals surface area contributed by atoms with Gasteiger partial charge in [-0.05, 0) is 18.2 Å². The zero-order valence-electron chi connectivity index (χ0n) is 9.15. The van der Waals surface area contributed by atoms with Crippen LogP contribution in [0.15, 0.2) is 35.1 Å². The average Bonchev–Trinajstić information content (AvgIpc) is 2.76. The quantitative estimate of drug-likeness (QED) is 0.916. The first-order valence-electron chi connectivity index (χ1n) is 4.93. The maximum absolute atomic E-state index is 12.4. The predicted octanol–water partition coefficient (Wildman–Crippen LogP) is 3.35. The van der Waals surface area contributed by atoms with E-state index in [1.165, 1.54) is 18.2 Å². The van der Waals surface area contributed by atoms with E-state index >= 15 is 0 Å². The molecule has 1 aromatic carbocycles. The molecule has 0 spiro atoms. The smallest absolute Gasteiger partial charge is 0.419 e. The number of carboxylic acid groups (broad SMARTS) is 1. The number of carbonyl (C=O) groups is 1. The maximum Gasteiger partial charge on any atom is 0.419 e. The van der Waals surface area contributed by atoms with E-state index in [1.807, 2.05) is 0 Å². The summed E-state index contributed by atoms with van der Waals surface area (Å²) in [6.45, 7) is 0. The van der Waals surface area contributed by atoms with Crippen molar-refractivity contribution in [1.82, 2.24) is 9.78 Å². The zero-order chi connectivity index (χ0) is 14.2. The highest BCUT2D eigenvalue weighted by Crippen LogP contribution is 2.29. The van der Waals surface area contributed by atoms with E-state index in [4.69, 9.17) is 5.11 Å². The van der Waals surface area contributed by atoms with Gasteiger partial charge in [0.05, 0.1) is 23.0 Å². The van der Waals surface area contributed by atoms with Gasteiger partial charge in [-0.1, -0.05) is 15.9 Å². The average molecular weight is 335 g/mol. The van der Waals surface area contributed by atoms with Crippen LogP contribution >= 0.6 is 15.9 Å². The molecular formula is C11H6BrF3N2O2. The maximum atomic E-state index is 12.4. The van der Waals surface area contributed by atoms with Crippen LogP contribution in [-0.2, 0) is 6.18 Å². The van der Waals surface area contributed by atoms with Crippen LogP contribution in [0.2, 0.25) is 0 Å². The second kappa shape index (κ2) is 4.69. The highest BCUT2D eigenvalue weighted by Gasteiger charge is 2.32. The van der Waals surface area contributed by atoms with E-state index in [-0.39, 0.29) is 11.3 Å². The minimum atomic E-state index is -4.49. The summed E-state index contributed by atoms with van der Waals surface area (Å²) in [4.78, 5) is 10.9. The minimum absolute atomic E-state index is 0.0477. The van der Waals surface area contributed by atoms with E-state index in [0.717, 1.165) is 10.9 Å². The van der Waals surface area contributed by atoms with Gasteiger partial charge in [-0.15, -0.1) is 0 Å². The Balaban J connectivity index is 2.47. The standard InChI is InChI=1S/C11H6BrF3N2O2/c12-8-1-6(10(18)19)2-9(3-8)17-5-7(4-16-17)11(13,14)15/h1-5H,(H,18,19). The van der Waals surface area contributed by atoms with E-state index in [9.17, 15) is 18.0 Å². The first-order chi connectivity index (χ1) is 8.77. The Morgan fingerprint density at radius 2 is 2.00 bits per heavy atom. The van der Waals surface area contributed by atoms with Crippen molar-refractivity contribution < 1.29 is 23.1 Å². The molecule has 4 nitrogen and oxygen atoms in total. The molecule has 0 saturated heterocycles. The van der Waals surface area contributed by atoms with Crippen molar-refractivity contribution in [2.24, 2.45) is 0 Å². The highest BCUT2D eigenvalue weighted by atomic mass is 79.9. The summed E-state index contributed by atoms with van der Waals surface area (Å²) < 4.78 is 38.7. The largest absolute Gasteiger partial charge is 0.478 e. The lowest BCUT2D eigenvalue weighted by Gasteiger charge is -2.05. The number of carboxylic acids is 1. The number of alkyl halides is 3. The topological polar surface area (TPSA) is 55.1 Å². The lowest BCUT2D eigenvalue weighted by atomic mass is 10.2. The third kappa shape index (κ3) is 2.95. The number of hydrogen-bond donors (Lipinski definition) is 1. The van der Waals surface area contributed by atoms with Gasteiger partial charge >= 0.3 is 12.1 Å². The molecule has 0 aliphatic heterocycles. The van der Waals surface area contributed by atoms with Crippen molar-refractivity contribution in [3.05, 3.63) is 46.2 Å². The van der Waals surface area contributed by atoms with Crippen LogP contribution in [0.5, 0.6) is 0 Å². The number of nitrogens with zero attached hydrogens (tertiary/aromatic N) is 2. The molecule has 1 N–H and O–H groups in total. The summed E-state index contributed by atoms with van der Waals surface area (Å²) in [7, 11) is 0. The number of aromatic carboxylic acids is 1. The summed E-state index contributed by atoms with van der Waals surface area (Å²) in [5.41, 5.74) is -0.722. The third-order valence-electron chi connectivity index (χ3n) is 2.30. The Morgan fingerprint density at radius 1 is 1.32 bits per heavy atom. The van der Waals surface area contributed by atoms with Crippen LogP contribution in [0, 0.1) is 0 Å². The van der Waals surface area contributed by atoms with Gasteiger partial charge in [0.2, 0.25) is 0 Å². The molecule has 0 saturated carbocycles. The van der Waals surface area contributed by atoms with Gasteiger partial charge in [-0.2, -0.15) is 18.3 Å². The normalized spacial score (nSPS) is 11.6. The van der Waals surface area contributed by atoms with Crippen molar-refractivity contribution in [1.29, 1.82) is 0 Å². The monoisotopic (exact) mass is 334 g/mol. The molecule has 0 unspecified atom stereocenters. The van der Waals surface area contributed by atoms with E-state index < -0.39 is 17.7 Å². The first-order valence-corrected chi connectivity index (χ1v) is 5.73. The molecule has 1 heterocycles. The van der Waals surface area contributed by atoms with Crippen LogP contribution in [0.25, 0.3) is 5.69 Å². The molecule has 0 fully saturated rings. The molecule has 2 aromatic rings. The molecule has 0 atom stereocenters. The van der Waals surface area contributed by atoms with E-state index in [1.54, 1.807) is 0 Å². The molecule has 0 aliphatic rings. The fraction of sp³-hybridized carbons (Fsp3) is 0.0909. The van der Waals surface area contributed by atoms with E-state index in [2.05, 4.69) is 21.0 Å². The van der Waals surface area contributed by atoms with Gasteiger partial charge in [0, 0.05) is 10.7 Å². The fourth-order valence-corrected chi connectivity index (χ4v) is 1.92. The molecule has 0 radical (unpaired) electrons. The van der Waals surface area contributed by atoms with Crippen molar-refractivity contribution >= 4 is 21.9 Å². The van der Waals surface area contributed by atoms with Crippen LogP contribution < -0.4 is 0 Å². The highest BCUT2D eigenvalue weighted by molar-refractivity contribution is 9.10.